The lowest BCUT2D eigenvalue weighted by atomic mass is 10.1. The zero-order chi connectivity index (χ0) is 17.3. The summed E-state index contributed by atoms with van der Waals surface area (Å²) in [6.45, 7) is 1.27. The van der Waals surface area contributed by atoms with Gasteiger partial charge in [0.05, 0.1) is 7.11 Å². The van der Waals surface area contributed by atoms with Crippen molar-refractivity contribution >= 4 is 34.3 Å². The molecule has 24 heavy (non-hydrogen) atoms. The van der Waals surface area contributed by atoms with Crippen molar-refractivity contribution in [1.82, 2.24) is 9.97 Å². The van der Waals surface area contributed by atoms with Crippen LogP contribution in [0, 0.1) is 0 Å². The number of aromatic nitrogens is 2. The number of halogens is 1. The van der Waals surface area contributed by atoms with Crippen LogP contribution in [0.25, 0.3) is 10.9 Å². The van der Waals surface area contributed by atoms with Crippen LogP contribution in [0.2, 0.25) is 5.02 Å². The Kier molecular flexibility index (Phi) is 4.22. The van der Waals surface area contributed by atoms with Gasteiger partial charge in [0.15, 0.2) is 5.75 Å². The van der Waals surface area contributed by atoms with E-state index in [4.69, 9.17) is 21.1 Å². The van der Waals surface area contributed by atoms with Gasteiger partial charge in [0.25, 0.3) is 0 Å². The van der Waals surface area contributed by atoms with Gasteiger partial charge in [-0.15, -0.1) is 0 Å². The molecule has 1 N–H and O–H groups in total. The Morgan fingerprint density at radius 2 is 2.00 bits per heavy atom. The average molecular weight is 345 g/mol. The lowest BCUT2D eigenvalue weighted by Gasteiger charge is -2.05. The number of nitrogens with zero attached hydrogens (tertiary/aromatic N) is 1. The maximum Gasteiger partial charge on any atom is 0.308 e. The fourth-order valence-corrected chi connectivity index (χ4v) is 2.51. The van der Waals surface area contributed by atoms with Crippen molar-refractivity contribution in [2.45, 2.75) is 6.92 Å². The van der Waals surface area contributed by atoms with E-state index in [1.54, 1.807) is 24.3 Å². The predicted octanol–water partition coefficient (Wildman–Crippen LogP) is 3.38. The van der Waals surface area contributed by atoms with Crippen LogP contribution in [0.5, 0.6) is 11.5 Å². The Bertz CT molecular complexity index is 949. The van der Waals surface area contributed by atoms with Gasteiger partial charge in [-0.05, 0) is 24.3 Å². The Hall–Kier alpha value is -2.86. The predicted molar refractivity (Wildman–Crippen MR) is 88.8 cm³/mol. The molecule has 0 aliphatic rings. The van der Waals surface area contributed by atoms with E-state index in [0.29, 0.717) is 21.7 Å². The van der Waals surface area contributed by atoms with Gasteiger partial charge in [0.2, 0.25) is 5.78 Å². The maximum absolute atomic E-state index is 12.8. The second-order valence-corrected chi connectivity index (χ2v) is 5.46. The third kappa shape index (κ3) is 2.96. The summed E-state index contributed by atoms with van der Waals surface area (Å²) in [6.07, 6.45) is 1.47. The number of fused-ring (bicyclic) bond motifs is 1. The Labute approximate surface area is 142 Å². The molecule has 0 saturated carbocycles. The minimum Gasteiger partial charge on any atom is -0.497 e. The fraction of sp³-hybridized carbons (Fsp3) is 0.118. The molecule has 0 spiro atoms. The van der Waals surface area contributed by atoms with Crippen LogP contribution in [0.3, 0.4) is 0 Å². The molecule has 3 aromatic rings. The number of methoxy groups -OCH3 is 1. The molecular weight excluding hydrogens is 332 g/mol. The minimum atomic E-state index is -0.538. The van der Waals surface area contributed by atoms with E-state index in [2.05, 4.69) is 9.97 Å². The molecule has 0 amide bonds. The zero-order valence-corrected chi connectivity index (χ0v) is 13.7. The van der Waals surface area contributed by atoms with Gasteiger partial charge < -0.3 is 14.5 Å². The molecule has 0 aliphatic carbocycles. The first-order chi connectivity index (χ1) is 11.5. The number of carbonyl (C=O) groups excluding carboxylic acids is 2. The minimum absolute atomic E-state index is 0.128. The van der Waals surface area contributed by atoms with Crippen LogP contribution in [0.4, 0.5) is 0 Å². The Balaban J connectivity index is 2.16. The lowest BCUT2D eigenvalue weighted by Crippen LogP contribution is -2.09. The van der Waals surface area contributed by atoms with E-state index in [1.807, 2.05) is 0 Å². The van der Waals surface area contributed by atoms with Gasteiger partial charge >= 0.3 is 5.97 Å². The molecule has 0 unspecified atom stereocenters. The summed E-state index contributed by atoms with van der Waals surface area (Å²) < 4.78 is 10.3. The topological polar surface area (TPSA) is 81.3 Å². The lowest BCUT2D eigenvalue weighted by molar-refractivity contribution is -0.131. The summed E-state index contributed by atoms with van der Waals surface area (Å²) in [5, 5.41) is 1.01. The van der Waals surface area contributed by atoms with E-state index >= 15 is 0 Å². The van der Waals surface area contributed by atoms with Gasteiger partial charge in [-0.25, -0.2) is 0 Å². The molecule has 122 valence electrons. The van der Waals surface area contributed by atoms with Crippen LogP contribution in [-0.2, 0) is 4.79 Å². The van der Waals surface area contributed by atoms with Crippen LogP contribution in [0.15, 0.2) is 36.5 Å². The highest BCUT2D eigenvalue weighted by Crippen LogP contribution is 2.33. The summed E-state index contributed by atoms with van der Waals surface area (Å²) in [7, 11) is 1.50. The maximum atomic E-state index is 12.8. The first-order valence-electron chi connectivity index (χ1n) is 7.04. The van der Waals surface area contributed by atoms with Crippen LogP contribution in [0.1, 0.15) is 23.1 Å². The zero-order valence-electron chi connectivity index (χ0n) is 12.9. The highest BCUT2D eigenvalue weighted by atomic mass is 35.5. The standard InChI is InChI=1S/C17H13ClN2O4/c1-9(21)24-17-12-7-10(18)3-4-13(12)20-15(17)16(22)14-8-11(23-2)5-6-19-14/h3-8,20H,1-2H3. The first kappa shape index (κ1) is 16.0. The highest BCUT2D eigenvalue weighted by Gasteiger charge is 2.23. The fourth-order valence-electron chi connectivity index (χ4n) is 2.34. The summed E-state index contributed by atoms with van der Waals surface area (Å²) in [5.41, 5.74) is 0.922. The molecule has 1 aromatic carbocycles. The summed E-state index contributed by atoms with van der Waals surface area (Å²) in [5.74, 6) is -0.322. The van der Waals surface area contributed by atoms with E-state index in [9.17, 15) is 9.59 Å². The number of nitrogens with one attached hydrogen (secondary N) is 1. The number of hydrogen-bond donors (Lipinski definition) is 1. The van der Waals surface area contributed by atoms with Crippen molar-refractivity contribution in [3.63, 3.8) is 0 Å². The van der Waals surface area contributed by atoms with E-state index in [-0.39, 0.29) is 17.1 Å². The molecule has 0 atom stereocenters. The molecule has 7 heteroatoms. The molecule has 2 heterocycles. The molecule has 0 saturated heterocycles. The third-order valence-electron chi connectivity index (χ3n) is 3.39. The highest BCUT2D eigenvalue weighted by molar-refractivity contribution is 6.31. The van der Waals surface area contributed by atoms with E-state index in [1.165, 1.54) is 26.3 Å². The van der Waals surface area contributed by atoms with E-state index < -0.39 is 11.8 Å². The second kappa shape index (κ2) is 6.33. The summed E-state index contributed by atoms with van der Waals surface area (Å²) >= 11 is 6.00. The molecule has 0 bridgehead atoms. The Morgan fingerprint density at radius 1 is 1.21 bits per heavy atom. The molecule has 3 rings (SSSR count). The van der Waals surface area contributed by atoms with Gasteiger partial charge in [0, 0.05) is 35.1 Å². The number of ether oxygens (including phenoxy) is 2. The average Bonchev–Trinajstić information content (AvgIpc) is 2.91. The second-order valence-electron chi connectivity index (χ2n) is 5.02. The molecule has 0 radical (unpaired) electrons. The molecule has 6 nitrogen and oxygen atoms in total. The molecule has 0 aliphatic heterocycles. The number of esters is 1. The smallest absolute Gasteiger partial charge is 0.308 e. The number of H-pyrrole nitrogens is 1. The van der Waals surface area contributed by atoms with E-state index in [0.717, 1.165) is 0 Å². The van der Waals surface area contributed by atoms with Gasteiger partial charge in [-0.3, -0.25) is 14.6 Å². The van der Waals surface area contributed by atoms with Crippen molar-refractivity contribution in [2.75, 3.05) is 7.11 Å². The summed E-state index contributed by atoms with van der Waals surface area (Å²) in [6, 6.07) is 8.16. The number of rotatable bonds is 4. The quantitative estimate of drug-likeness (QED) is 0.579. The summed E-state index contributed by atoms with van der Waals surface area (Å²) in [4.78, 5) is 31.3. The number of carbonyl (C=O) groups is 2. The van der Waals surface area contributed by atoms with Gasteiger partial charge in [-0.2, -0.15) is 0 Å². The first-order valence-corrected chi connectivity index (χ1v) is 7.42. The van der Waals surface area contributed by atoms with Crippen molar-refractivity contribution in [1.29, 1.82) is 0 Å². The van der Waals surface area contributed by atoms with Crippen molar-refractivity contribution < 1.29 is 19.1 Å². The largest absolute Gasteiger partial charge is 0.497 e. The normalized spacial score (nSPS) is 10.6. The molecule has 2 aromatic heterocycles. The van der Waals surface area contributed by atoms with Crippen molar-refractivity contribution in [3.8, 4) is 11.5 Å². The molecular formula is C17H13ClN2O4. The number of ketones is 1. The van der Waals surface area contributed by atoms with Crippen LogP contribution >= 0.6 is 11.6 Å². The van der Waals surface area contributed by atoms with Crippen molar-refractivity contribution in [2.24, 2.45) is 0 Å². The van der Waals surface area contributed by atoms with Crippen LogP contribution in [-0.4, -0.2) is 28.8 Å². The third-order valence-corrected chi connectivity index (χ3v) is 3.62. The molecule has 0 fully saturated rings. The number of pyridine rings is 1. The monoisotopic (exact) mass is 344 g/mol. The number of aromatic amines is 1. The number of benzene rings is 1. The van der Waals surface area contributed by atoms with Crippen molar-refractivity contribution in [3.05, 3.63) is 52.9 Å². The number of hydrogen-bond acceptors (Lipinski definition) is 5. The Morgan fingerprint density at radius 3 is 2.71 bits per heavy atom. The van der Waals surface area contributed by atoms with Crippen LogP contribution < -0.4 is 9.47 Å². The SMILES string of the molecule is COc1ccnc(C(=O)c2[nH]c3ccc(Cl)cc3c2OC(C)=O)c1. The van der Waals surface area contributed by atoms with Gasteiger partial charge in [-0.1, -0.05) is 11.6 Å². The van der Waals surface area contributed by atoms with Gasteiger partial charge in [0.1, 0.15) is 17.1 Å².